The second kappa shape index (κ2) is 17.9. The molecular formula is C27H38F3N10O15P2+. The van der Waals surface area contributed by atoms with Crippen molar-refractivity contribution < 1.29 is 79.8 Å². The number of imidazole rings is 1. The number of carbonyl (C=O) groups is 2. The Morgan fingerprint density at radius 3 is 2.53 bits per heavy atom. The molecule has 5 heterocycles. The number of amides is 1. The Bertz CT molecular complexity index is 2010. The zero-order valence-corrected chi connectivity index (χ0v) is 30.9. The van der Waals surface area contributed by atoms with Crippen LogP contribution < -0.4 is 28.2 Å². The molecule has 0 radical (unpaired) electrons. The van der Waals surface area contributed by atoms with Crippen LogP contribution in [0, 0.1) is 0 Å². The highest BCUT2D eigenvalue weighted by atomic mass is 31.2. The van der Waals surface area contributed by atoms with Crippen molar-refractivity contribution in [1.29, 1.82) is 0 Å². The molecule has 3 aromatic heterocycles. The minimum absolute atomic E-state index is 0.0107. The zero-order valence-electron chi connectivity index (χ0n) is 29.1. The number of esters is 1. The normalized spacial score (nSPS) is 25.7. The average molecular weight is 862 g/mol. The number of aliphatic hydroxyl groups is 1. The van der Waals surface area contributed by atoms with Crippen LogP contribution in [0.1, 0.15) is 38.1 Å². The number of nitrogens with zero attached hydrogens (tertiary/aromatic N) is 6. The highest BCUT2D eigenvalue weighted by Gasteiger charge is 2.50. The molecule has 0 spiro atoms. The van der Waals surface area contributed by atoms with E-state index in [1.54, 1.807) is 5.32 Å². The van der Waals surface area contributed by atoms with E-state index in [1.165, 1.54) is 23.2 Å². The maximum atomic E-state index is 13.3. The van der Waals surface area contributed by atoms with Crippen LogP contribution in [0.25, 0.3) is 11.2 Å². The third-order valence-corrected chi connectivity index (χ3v) is 9.94. The number of aromatic nitrogens is 6. The van der Waals surface area contributed by atoms with Crippen molar-refractivity contribution in [2.45, 2.75) is 80.9 Å². The van der Waals surface area contributed by atoms with Crippen LogP contribution in [-0.4, -0.2) is 128 Å². The summed E-state index contributed by atoms with van der Waals surface area (Å²) in [5, 5.41) is 13.0. The van der Waals surface area contributed by atoms with E-state index in [2.05, 4.69) is 24.5 Å². The highest BCUT2D eigenvalue weighted by molar-refractivity contribution is 7.53. The first-order valence-electron chi connectivity index (χ1n) is 16.6. The largest absolute Gasteiger partial charge is 0.567 e. The molecule has 2 fully saturated rings. The number of alkyl halides is 3. The number of phosphoric ester groups is 1. The smallest absolute Gasteiger partial charge is 0.455 e. The topological polar surface area (TPSA) is 376 Å². The summed E-state index contributed by atoms with van der Waals surface area (Å²) in [5.41, 5.74) is 16.6. The SMILES string of the molecule is Nc1ccn([C@H]2C[C@H](OP(=O)(O)OC[C@H]3O[C@@H](n4cnc5c(N)ncnc54)[C@H](O)[C@@H]3OC(=O)[C@@H](N)CCCCNC(=O)C(F)(F)F)[C@@H](CO[P+](O)(O)O)O2)c(=O)n1. The van der Waals surface area contributed by atoms with E-state index in [-0.39, 0.29) is 55.0 Å². The van der Waals surface area contributed by atoms with Crippen molar-refractivity contribution in [2.24, 2.45) is 5.73 Å². The zero-order chi connectivity index (χ0) is 41.9. The fourth-order valence-electron chi connectivity index (χ4n) is 5.74. The van der Waals surface area contributed by atoms with Crippen LogP contribution in [0.15, 0.2) is 29.7 Å². The van der Waals surface area contributed by atoms with Crippen molar-refractivity contribution in [3.63, 3.8) is 0 Å². The molecule has 0 aliphatic carbocycles. The first kappa shape index (κ1) is 44.1. The molecule has 316 valence electrons. The Morgan fingerprint density at radius 2 is 1.84 bits per heavy atom. The van der Waals surface area contributed by atoms with Gasteiger partial charge in [0.1, 0.15) is 61.0 Å². The molecule has 5 rings (SSSR count). The number of nitrogen functional groups attached to an aromatic ring is 2. The van der Waals surface area contributed by atoms with Gasteiger partial charge in [-0.2, -0.15) is 37.4 Å². The van der Waals surface area contributed by atoms with Crippen LogP contribution in [-0.2, 0) is 41.9 Å². The summed E-state index contributed by atoms with van der Waals surface area (Å²) >= 11 is 0. The monoisotopic (exact) mass is 861 g/mol. The van der Waals surface area contributed by atoms with E-state index in [0.717, 1.165) is 10.9 Å². The second-order valence-electron chi connectivity index (χ2n) is 12.5. The lowest BCUT2D eigenvalue weighted by Gasteiger charge is -2.24. The predicted octanol–water partition coefficient (Wildman–Crippen LogP) is -1.95. The maximum absolute atomic E-state index is 13.3. The summed E-state index contributed by atoms with van der Waals surface area (Å²) in [7, 11) is -10.1. The molecule has 0 saturated carbocycles. The molecule has 9 atom stereocenters. The molecule has 25 nitrogen and oxygen atoms in total. The number of carbonyl (C=O) groups excluding carboxylic acids is 2. The van der Waals surface area contributed by atoms with Gasteiger partial charge in [0.25, 0.3) is 0 Å². The van der Waals surface area contributed by atoms with Crippen LogP contribution in [0.2, 0.25) is 0 Å². The van der Waals surface area contributed by atoms with Gasteiger partial charge in [0.15, 0.2) is 23.8 Å². The lowest BCUT2D eigenvalue weighted by Crippen LogP contribution is -2.43. The average Bonchev–Trinajstić information content (AvgIpc) is 3.81. The summed E-state index contributed by atoms with van der Waals surface area (Å²) in [6.45, 7) is -2.10. The molecule has 0 bridgehead atoms. The Kier molecular flexibility index (Phi) is 13.8. The summed E-state index contributed by atoms with van der Waals surface area (Å²) in [5.74, 6) is -3.39. The highest BCUT2D eigenvalue weighted by Crippen LogP contribution is 2.51. The number of ether oxygens (including phenoxy) is 3. The number of unbranched alkanes of at least 4 members (excludes halogenated alkanes) is 1. The molecule has 1 unspecified atom stereocenters. The Hall–Kier alpha value is -4.02. The number of halogens is 3. The van der Waals surface area contributed by atoms with E-state index in [0.29, 0.717) is 0 Å². The van der Waals surface area contributed by atoms with Crippen LogP contribution in [0.4, 0.5) is 24.8 Å². The first-order chi connectivity index (χ1) is 26.6. The van der Waals surface area contributed by atoms with E-state index in [1.807, 2.05) is 0 Å². The fraction of sp³-hybridized carbons (Fsp3) is 0.593. The van der Waals surface area contributed by atoms with Gasteiger partial charge in [-0.25, -0.2) is 24.3 Å². The summed E-state index contributed by atoms with van der Waals surface area (Å²) in [6.07, 6.45) is -12.5. The standard InChI is InChI=1S/C27H37F3N10O15P2/c28-27(29,30)25(43)34-5-2-1-3-12(31)24(42)54-20-15(53-23(19(20)41)40-11-37-18-21(33)35-10-36-22(18)40)9-51-57(48,49)55-13-7-17(39-6-4-16(32)38-26(39)44)52-14(13)8-50-56(45,46)47/h4,6,10-15,17,19-20,23,41,45-47H,1-3,5,7-9,31H2,(H5-,32,33,34,35,36,38,43,44,48,49)/p+1/t12-,13-,14+,15+,17+,19+,20+,23+/m0/s1. The molecule has 12 N–H and O–H groups in total. The molecule has 57 heavy (non-hydrogen) atoms. The van der Waals surface area contributed by atoms with Gasteiger partial charge in [-0.3, -0.25) is 27.8 Å². The first-order valence-corrected chi connectivity index (χ1v) is 19.6. The van der Waals surface area contributed by atoms with Gasteiger partial charge in [0.2, 0.25) is 0 Å². The molecule has 2 saturated heterocycles. The fourth-order valence-corrected chi connectivity index (χ4v) is 7.04. The molecule has 1 amide bonds. The quantitative estimate of drug-likeness (QED) is 0.0405. The van der Waals surface area contributed by atoms with Crippen LogP contribution in [0.5, 0.6) is 0 Å². The van der Waals surface area contributed by atoms with Crippen molar-refractivity contribution in [1.82, 2.24) is 34.4 Å². The number of hydrogen-bond donors (Lipinski definition) is 9. The lowest BCUT2D eigenvalue weighted by atomic mass is 10.1. The number of anilines is 2. The lowest BCUT2D eigenvalue weighted by molar-refractivity contribution is -0.173. The summed E-state index contributed by atoms with van der Waals surface area (Å²) < 4.78 is 84.9. The van der Waals surface area contributed by atoms with Gasteiger partial charge in [-0.15, -0.1) is 0 Å². The van der Waals surface area contributed by atoms with Gasteiger partial charge in [-0.1, -0.05) is 0 Å². The number of nitrogens with two attached hydrogens (primary N) is 3. The number of rotatable bonds is 17. The van der Waals surface area contributed by atoms with Gasteiger partial charge in [0, 0.05) is 19.2 Å². The van der Waals surface area contributed by atoms with E-state index in [9.17, 15) is 56.8 Å². The van der Waals surface area contributed by atoms with Gasteiger partial charge in [0.05, 0.1) is 12.9 Å². The minimum atomic E-state index is -5.22. The van der Waals surface area contributed by atoms with Gasteiger partial charge < -0.3 is 46.7 Å². The van der Waals surface area contributed by atoms with Crippen LogP contribution >= 0.6 is 16.0 Å². The number of phosphoric acid groups is 1. The third kappa shape index (κ3) is 11.3. The van der Waals surface area contributed by atoms with Crippen LogP contribution in [0.3, 0.4) is 0 Å². The third-order valence-electron chi connectivity index (χ3n) is 8.44. The van der Waals surface area contributed by atoms with Crippen molar-refractivity contribution in [2.75, 3.05) is 31.2 Å². The molecular weight excluding hydrogens is 823 g/mol. The number of hydrogen-bond acceptors (Lipinski definition) is 21. The predicted molar refractivity (Wildman–Crippen MR) is 182 cm³/mol. The number of fused-ring (bicyclic) bond motifs is 1. The van der Waals surface area contributed by atoms with Gasteiger partial charge >= 0.3 is 39.7 Å². The van der Waals surface area contributed by atoms with Gasteiger partial charge in [-0.05, 0) is 25.3 Å². The van der Waals surface area contributed by atoms with E-state index in [4.69, 9.17) is 40.5 Å². The number of nitrogens with one attached hydrogen (secondary N) is 1. The molecule has 3 aromatic rings. The van der Waals surface area contributed by atoms with Crippen molar-refractivity contribution in [3.8, 4) is 0 Å². The Balaban J connectivity index is 1.28. The summed E-state index contributed by atoms with van der Waals surface area (Å²) in [6, 6.07) is -0.130. The Morgan fingerprint density at radius 1 is 1.11 bits per heavy atom. The maximum Gasteiger partial charge on any atom is 0.567 e. The molecule has 2 aliphatic rings. The van der Waals surface area contributed by atoms with E-state index < -0.39 is 102 Å². The Labute approximate surface area is 318 Å². The molecule has 0 aromatic carbocycles. The van der Waals surface area contributed by atoms with Crippen molar-refractivity contribution in [3.05, 3.63) is 35.4 Å². The summed E-state index contributed by atoms with van der Waals surface area (Å²) in [4.78, 5) is 90.8. The molecule has 2 aliphatic heterocycles. The van der Waals surface area contributed by atoms with E-state index >= 15 is 0 Å². The number of aliphatic hydroxyl groups excluding tert-OH is 1. The minimum Gasteiger partial charge on any atom is -0.455 e. The second-order valence-corrected chi connectivity index (χ2v) is 15.2. The van der Waals surface area contributed by atoms with Crippen molar-refractivity contribution >= 4 is 50.7 Å². The molecule has 30 heteroatoms.